The van der Waals surface area contributed by atoms with Crippen LogP contribution in [0.3, 0.4) is 0 Å². The Bertz CT molecular complexity index is 729. The lowest BCUT2D eigenvalue weighted by Crippen LogP contribution is -2.36. The molecule has 6 heteroatoms. The second-order valence-electron chi connectivity index (χ2n) is 4.70. The highest BCUT2D eigenvalue weighted by Crippen LogP contribution is 2.21. The Kier molecular flexibility index (Phi) is 4.37. The number of hydrogen-bond acceptors (Lipinski definition) is 5. The van der Waals surface area contributed by atoms with Gasteiger partial charge in [0.2, 0.25) is 0 Å². The van der Waals surface area contributed by atoms with E-state index in [9.17, 15) is 14.4 Å². The maximum absolute atomic E-state index is 11.6. The lowest BCUT2D eigenvalue weighted by molar-refractivity contribution is 0.0697. The summed E-state index contributed by atoms with van der Waals surface area (Å²) in [6.45, 7) is 2.64. The zero-order valence-electron chi connectivity index (χ0n) is 11.6. The molecule has 0 fully saturated rings. The van der Waals surface area contributed by atoms with Gasteiger partial charge in [-0.25, -0.2) is 4.79 Å². The fraction of sp³-hybridized carbons (Fsp3) is 0.267. The number of rotatable bonds is 7. The number of nitrogens with one attached hydrogen (secondary N) is 2. The highest BCUT2D eigenvalue weighted by atomic mass is 16.4. The quantitative estimate of drug-likeness (QED) is 0.532. The largest absolute Gasteiger partial charge is 0.478 e. The Labute approximate surface area is 121 Å². The second kappa shape index (κ2) is 6.21. The van der Waals surface area contributed by atoms with Crippen LogP contribution in [0.1, 0.15) is 30.1 Å². The molecule has 2 aromatic carbocycles. The molecule has 0 saturated carbocycles. The lowest BCUT2D eigenvalue weighted by Gasteiger charge is -2.14. The van der Waals surface area contributed by atoms with E-state index in [1.165, 1.54) is 12.1 Å². The Morgan fingerprint density at radius 2 is 1.90 bits per heavy atom. The van der Waals surface area contributed by atoms with Gasteiger partial charge < -0.3 is 15.7 Å². The fourth-order valence-electron chi connectivity index (χ4n) is 1.94. The molecule has 0 spiro atoms. The summed E-state index contributed by atoms with van der Waals surface area (Å²) in [5, 5.41) is 14.7. The number of benzene rings is 1. The lowest BCUT2D eigenvalue weighted by atomic mass is 10.1. The van der Waals surface area contributed by atoms with Crippen LogP contribution in [0.4, 0.5) is 17.1 Å². The molecule has 0 radical (unpaired) electrons. The van der Waals surface area contributed by atoms with E-state index in [1.54, 1.807) is 12.1 Å². The van der Waals surface area contributed by atoms with E-state index in [0.29, 0.717) is 12.2 Å². The Morgan fingerprint density at radius 1 is 1.19 bits per heavy atom. The zero-order chi connectivity index (χ0) is 15.4. The van der Waals surface area contributed by atoms with Gasteiger partial charge in [0, 0.05) is 12.2 Å². The molecule has 2 aromatic rings. The van der Waals surface area contributed by atoms with Crippen LogP contribution in [0.2, 0.25) is 0 Å². The number of hydrogen-bond donors (Lipinski definition) is 3. The van der Waals surface area contributed by atoms with E-state index in [-0.39, 0.29) is 16.9 Å². The van der Waals surface area contributed by atoms with Crippen LogP contribution in [0.5, 0.6) is 0 Å². The van der Waals surface area contributed by atoms with Crippen LogP contribution >= 0.6 is 0 Å². The molecule has 0 atom stereocenters. The van der Waals surface area contributed by atoms with E-state index in [1.807, 2.05) is 6.92 Å². The monoisotopic (exact) mass is 288 g/mol. The summed E-state index contributed by atoms with van der Waals surface area (Å²) >= 11 is 0. The summed E-state index contributed by atoms with van der Waals surface area (Å²) < 4.78 is 0. The molecule has 110 valence electrons. The van der Waals surface area contributed by atoms with Crippen molar-refractivity contribution in [2.45, 2.75) is 19.8 Å². The molecule has 0 bridgehead atoms. The Balaban J connectivity index is 2.18. The number of carboxylic acid groups (broad SMARTS) is 1. The van der Waals surface area contributed by atoms with Crippen molar-refractivity contribution in [3.8, 4) is 0 Å². The second-order valence-corrected chi connectivity index (χ2v) is 4.70. The standard InChI is InChI=1S/C15H16N2O4/c1-2-3-7-16-11-12(14(19)13(11)18)17-10-6-4-5-9(8-10)15(20)21/h4-6,8,16-17H,2-3,7H2,1H3,(H,20,21). The average Bonchev–Trinajstić information content (AvgIpc) is 2.49. The first-order valence-corrected chi connectivity index (χ1v) is 6.72. The van der Waals surface area contributed by atoms with Gasteiger partial charge in [-0.05, 0) is 24.6 Å². The topological polar surface area (TPSA) is 95.5 Å². The van der Waals surface area contributed by atoms with Gasteiger partial charge in [-0.1, -0.05) is 19.4 Å². The highest BCUT2D eigenvalue weighted by Gasteiger charge is 2.20. The fourth-order valence-corrected chi connectivity index (χ4v) is 1.94. The van der Waals surface area contributed by atoms with Crippen LogP contribution in [0.25, 0.3) is 0 Å². The van der Waals surface area contributed by atoms with E-state index < -0.39 is 16.8 Å². The van der Waals surface area contributed by atoms with E-state index in [4.69, 9.17) is 5.11 Å². The molecule has 2 rings (SSSR count). The van der Waals surface area contributed by atoms with Gasteiger partial charge in [-0.2, -0.15) is 0 Å². The number of anilines is 3. The first-order chi connectivity index (χ1) is 10.0. The van der Waals surface area contributed by atoms with Crippen molar-refractivity contribution in [2.24, 2.45) is 0 Å². The van der Waals surface area contributed by atoms with Crippen molar-refractivity contribution in [3.05, 3.63) is 50.3 Å². The molecule has 0 aromatic heterocycles. The van der Waals surface area contributed by atoms with Crippen molar-refractivity contribution < 1.29 is 9.90 Å². The van der Waals surface area contributed by atoms with Crippen molar-refractivity contribution in [2.75, 3.05) is 17.2 Å². The van der Waals surface area contributed by atoms with Crippen LogP contribution in [-0.2, 0) is 0 Å². The molecular formula is C15H16N2O4. The Hall–Kier alpha value is -2.63. The molecule has 0 aliphatic rings. The number of carboxylic acids is 1. The molecular weight excluding hydrogens is 272 g/mol. The first kappa shape index (κ1) is 14.8. The van der Waals surface area contributed by atoms with Gasteiger partial charge in [0.25, 0.3) is 10.9 Å². The number of aromatic carboxylic acids is 1. The van der Waals surface area contributed by atoms with Crippen molar-refractivity contribution in [3.63, 3.8) is 0 Å². The summed E-state index contributed by atoms with van der Waals surface area (Å²) in [5.74, 6) is -1.05. The summed E-state index contributed by atoms with van der Waals surface area (Å²) in [7, 11) is 0. The van der Waals surface area contributed by atoms with Crippen LogP contribution in [0, 0.1) is 0 Å². The number of carbonyl (C=O) groups is 1. The van der Waals surface area contributed by atoms with Crippen molar-refractivity contribution in [1.82, 2.24) is 0 Å². The third-order valence-electron chi connectivity index (χ3n) is 3.12. The molecule has 21 heavy (non-hydrogen) atoms. The minimum atomic E-state index is -1.05. The maximum atomic E-state index is 11.6. The summed E-state index contributed by atoms with van der Waals surface area (Å²) in [6, 6.07) is 6.08. The van der Waals surface area contributed by atoms with E-state index in [2.05, 4.69) is 10.6 Å². The minimum Gasteiger partial charge on any atom is -0.478 e. The molecule has 0 saturated heterocycles. The van der Waals surface area contributed by atoms with Gasteiger partial charge in [0.15, 0.2) is 0 Å². The van der Waals surface area contributed by atoms with Gasteiger partial charge in [-0.15, -0.1) is 0 Å². The van der Waals surface area contributed by atoms with E-state index in [0.717, 1.165) is 12.8 Å². The smallest absolute Gasteiger partial charge is 0.335 e. The third-order valence-corrected chi connectivity index (χ3v) is 3.12. The predicted octanol–water partition coefficient (Wildman–Crippen LogP) is 1.94. The molecule has 0 unspecified atom stereocenters. The molecule has 0 heterocycles. The van der Waals surface area contributed by atoms with Gasteiger partial charge >= 0.3 is 5.97 Å². The molecule has 0 aliphatic carbocycles. The van der Waals surface area contributed by atoms with Gasteiger partial charge in [0.05, 0.1) is 5.56 Å². The molecule has 0 aliphatic heterocycles. The van der Waals surface area contributed by atoms with Crippen molar-refractivity contribution >= 4 is 23.0 Å². The molecule has 0 amide bonds. The van der Waals surface area contributed by atoms with Crippen LogP contribution in [0.15, 0.2) is 33.9 Å². The first-order valence-electron chi connectivity index (χ1n) is 6.72. The summed E-state index contributed by atoms with van der Waals surface area (Å²) in [4.78, 5) is 34.0. The molecule has 6 nitrogen and oxygen atoms in total. The minimum absolute atomic E-state index is 0.110. The van der Waals surface area contributed by atoms with Crippen LogP contribution < -0.4 is 21.5 Å². The van der Waals surface area contributed by atoms with E-state index >= 15 is 0 Å². The predicted molar refractivity (Wildman–Crippen MR) is 81.4 cm³/mol. The maximum Gasteiger partial charge on any atom is 0.335 e. The molecule has 3 N–H and O–H groups in total. The van der Waals surface area contributed by atoms with Gasteiger partial charge in [-0.3, -0.25) is 9.59 Å². The highest BCUT2D eigenvalue weighted by molar-refractivity contribution is 5.89. The Morgan fingerprint density at radius 3 is 2.57 bits per heavy atom. The number of unbranched alkanes of at least 4 members (excludes halogenated alkanes) is 1. The average molecular weight is 288 g/mol. The van der Waals surface area contributed by atoms with Crippen molar-refractivity contribution in [1.29, 1.82) is 0 Å². The normalized spacial score (nSPS) is 10.5. The third kappa shape index (κ3) is 3.10. The van der Waals surface area contributed by atoms with Crippen LogP contribution in [-0.4, -0.2) is 17.6 Å². The summed E-state index contributed by atoms with van der Waals surface area (Å²) in [6.07, 6.45) is 1.87. The zero-order valence-corrected chi connectivity index (χ0v) is 11.6. The SMILES string of the molecule is CCCCNc1c(Nc2cccc(C(=O)O)c2)c(=O)c1=O. The summed E-state index contributed by atoms with van der Waals surface area (Å²) in [5.41, 5.74) is -0.0923. The van der Waals surface area contributed by atoms with Gasteiger partial charge in [0.1, 0.15) is 11.4 Å².